The molecule has 20 heavy (non-hydrogen) atoms. The molecule has 5 heteroatoms. The number of sulfonamides is 1. The molecule has 1 N–H and O–H groups in total. The fourth-order valence-electron chi connectivity index (χ4n) is 2.02. The highest BCUT2D eigenvalue weighted by Crippen LogP contribution is 2.15. The summed E-state index contributed by atoms with van der Waals surface area (Å²) in [6, 6.07) is 6.79. The highest BCUT2D eigenvalue weighted by atomic mass is 32.2. The minimum Gasteiger partial charge on any atom is -0.472 e. The number of aryl methyl sites for hydroxylation is 2. The third-order valence-corrected chi connectivity index (χ3v) is 4.85. The Labute approximate surface area is 119 Å². The molecular weight excluding hydrogens is 274 g/mol. The summed E-state index contributed by atoms with van der Waals surface area (Å²) in [5.74, 6) is 0. The molecule has 0 aliphatic rings. The van der Waals surface area contributed by atoms with Crippen LogP contribution in [-0.2, 0) is 16.4 Å². The van der Waals surface area contributed by atoms with Crippen molar-refractivity contribution in [1.29, 1.82) is 0 Å². The van der Waals surface area contributed by atoms with Crippen molar-refractivity contribution in [2.45, 2.75) is 38.1 Å². The lowest BCUT2D eigenvalue weighted by molar-refractivity contribution is 0.549. The summed E-state index contributed by atoms with van der Waals surface area (Å²) in [6.07, 6.45) is 3.81. The van der Waals surface area contributed by atoms with E-state index < -0.39 is 10.0 Å². The lowest BCUT2D eigenvalue weighted by Gasteiger charge is -2.14. The van der Waals surface area contributed by atoms with Gasteiger partial charge in [0.1, 0.15) is 0 Å². The van der Waals surface area contributed by atoms with Gasteiger partial charge in [-0.05, 0) is 62.1 Å². The van der Waals surface area contributed by atoms with Crippen LogP contribution in [0.4, 0.5) is 0 Å². The maximum Gasteiger partial charge on any atom is 0.240 e. The lowest BCUT2D eigenvalue weighted by Crippen LogP contribution is -2.34. The summed E-state index contributed by atoms with van der Waals surface area (Å²) in [5, 5.41) is 0. The van der Waals surface area contributed by atoms with Gasteiger partial charge in [-0.3, -0.25) is 0 Å². The molecule has 1 aromatic carbocycles. The van der Waals surface area contributed by atoms with Gasteiger partial charge in [-0.15, -0.1) is 0 Å². The number of rotatable bonds is 5. The molecular formula is C15H19NO3S. The van der Waals surface area contributed by atoms with Gasteiger partial charge in [-0.25, -0.2) is 13.1 Å². The molecule has 1 heterocycles. The van der Waals surface area contributed by atoms with Gasteiger partial charge in [0.2, 0.25) is 10.0 Å². The summed E-state index contributed by atoms with van der Waals surface area (Å²) in [4.78, 5) is 0.305. The zero-order valence-corrected chi connectivity index (χ0v) is 12.7. The van der Waals surface area contributed by atoms with E-state index in [2.05, 4.69) is 4.72 Å². The van der Waals surface area contributed by atoms with Crippen LogP contribution in [0.25, 0.3) is 0 Å². The highest BCUT2D eigenvalue weighted by Gasteiger charge is 2.18. The molecule has 2 aromatic rings. The van der Waals surface area contributed by atoms with Crippen molar-refractivity contribution in [2.24, 2.45) is 0 Å². The van der Waals surface area contributed by atoms with Gasteiger partial charge in [0, 0.05) is 6.04 Å². The van der Waals surface area contributed by atoms with E-state index in [0.717, 1.165) is 16.7 Å². The molecule has 1 aromatic heterocycles. The first-order chi connectivity index (χ1) is 9.38. The average molecular weight is 293 g/mol. The van der Waals surface area contributed by atoms with Crippen molar-refractivity contribution < 1.29 is 12.8 Å². The molecule has 0 radical (unpaired) electrons. The predicted octanol–water partition coefficient (Wildman–Crippen LogP) is 2.81. The lowest BCUT2D eigenvalue weighted by atomic mass is 10.1. The highest BCUT2D eigenvalue weighted by molar-refractivity contribution is 7.89. The number of hydrogen-bond acceptors (Lipinski definition) is 3. The topological polar surface area (TPSA) is 59.3 Å². The Balaban J connectivity index is 2.12. The molecule has 0 unspecified atom stereocenters. The van der Waals surface area contributed by atoms with Crippen LogP contribution in [0, 0.1) is 13.8 Å². The van der Waals surface area contributed by atoms with E-state index in [4.69, 9.17) is 4.42 Å². The number of benzene rings is 1. The van der Waals surface area contributed by atoms with Gasteiger partial charge in [0.25, 0.3) is 0 Å². The van der Waals surface area contributed by atoms with E-state index in [9.17, 15) is 8.42 Å². The number of hydrogen-bond donors (Lipinski definition) is 1. The fourth-order valence-corrected chi connectivity index (χ4v) is 3.35. The number of nitrogens with one attached hydrogen (secondary N) is 1. The molecule has 0 saturated heterocycles. The molecule has 2 rings (SSSR count). The van der Waals surface area contributed by atoms with Gasteiger partial charge in [-0.2, -0.15) is 0 Å². The monoisotopic (exact) mass is 293 g/mol. The normalized spacial score (nSPS) is 13.3. The zero-order valence-electron chi connectivity index (χ0n) is 11.9. The largest absolute Gasteiger partial charge is 0.472 e. The third kappa shape index (κ3) is 3.49. The zero-order chi connectivity index (χ0) is 14.8. The molecule has 0 aliphatic heterocycles. The first-order valence-electron chi connectivity index (χ1n) is 6.49. The van der Waals surface area contributed by atoms with E-state index in [1.54, 1.807) is 24.7 Å². The van der Waals surface area contributed by atoms with Gasteiger partial charge < -0.3 is 4.42 Å². The SMILES string of the molecule is Cc1ccc(S(=O)(=O)N[C@H](C)Cc2ccoc2)cc1C. The van der Waals surface area contributed by atoms with Crippen LogP contribution < -0.4 is 4.72 Å². The summed E-state index contributed by atoms with van der Waals surface area (Å²) in [5.41, 5.74) is 3.02. The van der Waals surface area contributed by atoms with Crippen molar-refractivity contribution in [3.63, 3.8) is 0 Å². The maximum atomic E-state index is 12.3. The van der Waals surface area contributed by atoms with Gasteiger partial charge in [0.05, 0.1) is 17.4 Å². The van der Waals surface area contributed by atoms with Crippen LogP contribution in [-0.4, -0.2) is 14.5 Å². The molecule has 0 fully saturated rings. The van der Waals surface area contributed by atoms with E-state index in [1.165, 1.54) is 0 Å². The van der Waals surface area contributed by atoms with Crippen LogP contribution in [0.1, 0.15) is 23.6 Å². The molecule has 108 valence electrons. The van der Waals surface area contributed by atoms with Crippen molar-refractivity contribution in [1.82, 2.24) is 4.72 Å². The van der Waals surface area contributed by atoms with Crippen LogP contribution in [0.5, 0.6) is 0 Å². The Hall–Kier alpha value is -1.59. The van der Waals surface area contributed by atoms with E-state index in [0.29, 0.717) is 11.3 Å². The third-order valence-electron chi connectivity index (χ3n) is 3.27. The van der Waals surface area contributed by atoms with Gasteiger partial charge >= 0.3 is 0 Å². The van der Waals surface area contributed by atoms with E-state index in [1.807, 2.05) is 32.9 Å². The summed E-state index contributed by atoms with van der Waals surface area (Å²) in [7, 11) is -3.48. The molecule has 1 atom stereocenters. The Morgan fingerprint density at radius 2 is 1.95 bits per heavy atom. The second-order valence-corrected chi connectivity index (χ2v) is 6.82. The summed E-state index contributed by atoms with van der Waals surface area (Å²) in [6.45, 7) is 5.70. The van der Waals surface area contributed by atoms with E-state index in [-0.39, 0.29) is 6.04 Å². The molecule has 0 aliphatic carbocycles. The van der Waals surface area contributed by atoms with E-state index >= 15 is 0 Å². The van der Waals surface area contributed by atoms with Crippen LogP contribution >= 0.6 is 0 Å². The van der Waals surface area contributed by atoms with Gasteiger partial charge in [0.15, 0.2) is 0 Å². The Kier molecular flexibility index (Phi) is 4.30. The predicted molar refractivity (Wildman–Crippen MR) is 78.1 cm³/mol. The average Bonchev–Trinajstić information content (AvgIpc) is 2.84. The maximum absolute atomic E-state index is 12.3. The fraction of sp³-hybridized carbons (Fsp3) is 0.333. The minimum absolute atomic E-state index is 0.195. The second kappa shape index (κ2) is 5.81. The molecule has 0 bridgehead atoms. The molecule has 0 spiro atoms. The van der Waals surface area contributed by atoms with Crippen LogP contribution in [0.2, 0.25) is 0 Å². The van der Waals surface area contributed by atoms with Crippen molar-refractivity contribution >= 4 is 10.0 Å². The van der Waals surface area contributed by atoms with Gasteiger partial charge in [-0.1, -0.05) is 6.07 Å². The van der Waals surface area contributed by atoms with Crippen molar-refractivity contribution in [2.75, 3.05) is 0 Å². The Morgan fingerprint density at radius 3 is 2.55 bits per heavy atom. The summed E-state index contributed by atoms with van der Waals surface area (Å²) < 4.78 is 32.3. The molecule has 0 saturated carbocycles. The van der Waals surface area contributed by atoms with Crippen LogP contribution in [0.15, 0.2) is 46.1 Å². The second-order valence-electron chi connectivity index (χ2n) is 5.10. The van der Waals surface area contributed by atoms with Crippen molar-refractivity contribution in [3.8, 4) is 0 Å². The first-order valence-corrected chi connectivity index (χ1v) is 7.97. The molecule has 4 nitrogen and oxygen atoms in total. The van der Waals surface area contributed by atoms with Crippen LogP contribution in [0.3, 0.4) is 0 Å². The minimum atomic E-state index is -3.48. The summed E-state index contributed by atoms with van der Waals surface area (Å²) >= 11 is 0. The Bertz CT molecular complexity index is 675. The molecule has 0 amide bonds. The first kappa shape index (κ1) is 14.8. The Morgan fingerprint density at radius 1 is 1.20 bits per heavy atom. The smallest absolute Gasteiger partial charge is 0.240 e. The quantitative estimate of drug-likeness (QED) is 0.922. The van der Waals surface area contributed by atoms with Crippen molar-refractivity contribution in [3.05, 3.63) is 53.5 Å². The standard InChI is InChI=1S/C15H19NO3S/c1-11-4-5-15(8-12(11)2)20(17,18)16-13(3)9-14-6-7-19-10-14/h4-8,10,13,16H,9H2,1-3H3/t13-/m1/s1. The number of furan rings is 1.